The van der Waals surface area contributed by atoms with E-state index in [1.807, 2.05) is 25.7 Å². The minimum Gasteiger partial charge on any atom is -0.389 e. The number of hydrogen-bond acceptors (Lipinski definition) is 3. The second-order valence-corrected chi connectivity index (χ2v) is 4.86. The first-order valence-electron chi connectivity index (χ1n) is 6.03. The van der Waals surface area contributed by atoms with E-state index in [1.54, 1.807) is 13.8 Å². The molecule has 4 nitrogen and oxygen atoms in total. The smallest absolute Gasteiger partial charge is 0.224 e. The summed E-state index contributed by atoms with van der Waals surface area (Å²) in [7, 11) is 0. The molecule has 96 valence electrons. The van der Waals surface area contributed by atoms with Crippen LogP contribution in [0, 0.1) is 0 Å². The third kappa shape index (κ3) is 6.80. The fraction of sp³-hybridized carbons (Fsp3) is 0.917. The summed E-state index contributed by atoms with van der Waals surface area (Å²) in [6.45, 7) is 11.4. The fourth-order valence-electron chi connectivity index (χ4n) is 1.46. The third-order valence-corrected chi connectivity index (χ3v) is 2.48. The van der Waals surface area contributed by atoms with Crippen molar-refractivity contribution in [1.29, 1.82) is 0 Å². The van der Waals surface area contributed by atoms with Gasteiger partial charge in [0.1, 0.15) is 0 Å². The van der Waals surface area contributed by atoms with Gasteiger partial charge < -0.3 is 15.3 Å². The molecule has 0 aromatic heterocycles. The molecule has 4 heteroatoms. The summed E-state index contributed by atoms with van der Waals surface area (Å²) in [5, 5.41) is 12.7. The summed E-state index contributed by atoms with van der Waals surface area (Å²) >= 11 is 0. The Morgan fingerprint density at radius 2 is 1.88 bits per heavy atom. The molecule has 1 unspecified atom stereocenters. The fourth-order valence-corrected chi connectivity index (χ4v) is 1.46. The van der Waals surface area contributed by atoms with Crippen LogP contribution in [0.25, 0.3) is 0 Å². The van der Waals surface area contributed by atoms with Crippen LogP contribution >= 0.6 is 0 Å². The third-order valence-electron chi connectivity index (χ3n) is 2.48. The van der Waals surface area contributed by atoms with Crippen LogP contribution in [0.1, 0.15) is 41.0 Å². The number of nitrogens with one attached hydrogen (secondary N) is 1. The highest BCUT2D eigenvalue weighted by Gasteiger charge is 2.17. The van der Waals surface area contributed by atoms with Crippen molar-refractivity contribution in [1.82, 2.24) is 10.2 Å². The first-order chi connectivity index (χ1) is 7.30. The maximum atomic E-state index is 11.8. The van der Waals surface area contributed by atoms with Crippen molar-refractivity contribution in [2.45, 2.75) is 52.7 Å². The molecule has 16 heavy (non-hydrogen) atoms. The molecule has 0 aliphatic rings. The molecule has 0 aromatic rings. The highest BCUT2D eigenvalue weighted by Crippen LogP contribution is 2.02. The lowest BCUT2D eigenvalue weighted by Crippen LogP contribution is -2.42. The van der Waals surface area contributed by atoms with Gasteiger partial charge in [0.05, 0.1) is 5.60 Å². The Bertz CT molecular complexity index is 208. The van der Waals surface area contributed by atoms with Crippen LogP contribution in [0.15, 0.2) is 0 Å². The Balaban J connectivity index is 3.95. The van der Waals surface area contributed by atoms with E-state index in [9.17, 15) is 9.90 Å². The lowest BCUT2D eigenvalue weighted by molar-refractivity contribution is -0.131. The maximum absolute atomic E-state index is 11.8. The number of aliphatic hydroxyl groups is 1. The van der Waals surface area contributed by atoms with Gasteiger partial charge in [0, 0.05) is 32.1 Å². The van der Waals surface area contributed by atoms with Gasteiger partial charge in [-0.3, -0.25) is 4.79 Å². The lowest BCUT2D eigenvalue weighted by atomic mass is 10.1. The van der Waals surface area contributed by atoms with Crippen molar-refractivity contribution in [2.24, 2.45) is 0 Å². The summed E-state index contributed by atoms with van der Waals surface area (Å²) < 4.78 is 0. The van der Waals surface area contributed by atoms with Gasteiger partial charge in [-0.15, -0.1) is 0 Å². The van der Waals surface area contributed by atoms with Crippen LogP contribution in [0.2, 0.25) is 0 Å². The van der Waals surface area contributed by atoms with Crippen molar-refractivity contribution >= 4 is 5.91 Å². The lowest BCUT2D eigenvalue weighted by Gasteiger charge is -2.24. The second kappa shape index (κ2) is 6.86. The maximum Gasteiger partial charge on any atom is 0.224 e. The molecule has 0 bridgehead atoms. The van der Waals surface area contributed by atoms with Crippen molar-refractivity contribution in [2.75, 3.05) is 19.6 Å². The summed E-state index contributed by atoms with van der Waals surface area (Å²) in [5.74, 6) is 0.167. The molecule has 0 fully saturated rings. The zero-order valence-corrected chi connectivity index (χ0v) is 11.2. The normalized spacial score (nSPS) is 13.6. The Morgan fingerprint density at radius 3 is 2.25 bits per heavy atom. The number of rotatable bonds is 7. The minimum absolute atomic E-state index is 0.0968. The molecule has 2 N–H and O–H groups in total. The summed E-state index contributed by atoms with van der Waals surface area (Å²) in [4.78, 5) is 13.6. The van der Waals surface area contributed by atoms with E-state index in [1.165, 1.54) is 0 Å². The number of hydrogen-bond donors (Lipinski definition) is 2. The van der Waals surface area contributed by atoms with E-state index in [-0.39, 0.29) is 11.9 Å². The van der Waals surface area contributed by atoms with Gasteiger partial charge in [-0.05, 0) is 34.6 Å². The van der Waals surface area contributed by atoms with Gasteiger partial charge in [-0.2, -0.15) is 0 Å². The van der Waals surface area contributed by atoms with Gasteiger partial charge in [-0.1, -0.05) is 0 Å². The topological polar surface area (TPSA) is 52.6 Å². The largest absolute Gasteiger partial charge is 0.389 e. The van der Waals surface area contributed by atoms with Gasteiger partial charge >= 0.3 is 0 Å². The van der Waals surface area contributed by atoms with E-state index in [0.29, 0.717) is 13.0 Å². The van der Waals surface area contributed by atoms with Crippen LogP contribution < -0.4 is 5.32 Å². The molecule has 0 saturated heterocycles. The van der Waals surface area contributed by atoms with E-state index < -0.39 is 5.60 Å². The standard InChI is InChI=1S/C12H26N2O2/c1-6-14(7-2)11(15)8-10(3)13-9-12(4,5)16/h10,13,16H,6-9H2,1-5H3. The van der Waals surface area contributed by atoms with Crippen molar-refractivity contribution in [3.8, 4) is 0 Å². The van der Waals surface area contributed by atoms with E-state index in [4.69, 9.17) is 0 Å². The summed E-state index contributed by atoms with van der Waals surface area (Å²) in [6.07, 6.45) is 0.484. The van der Waals surface area contributed by atoms with Gasteiger partial charge in [-0.25, -0.2) is 0 Å². The van der Waals surface area contributed by atoms with Crippen LogP contribution in [-0.4, -0.2) is 47.2 Å². The van der Waals surface area contributed by atoms with E-state index >= 15 is 0 Å². The molecule has 0 heterocycles. The molecule has 0 radical (unpaired) electrons. The Kier molecular flexibility index (Phi) is 6.60. The number of amides is 1. The van der Waals surface area contributed by atoms with Crippen LogP contribution in [-0.2, 0) is 4.79 Å². The number of carbonyl (C=O) groups excluding carboxylic acids is 1. The molecular formula is C12H26N2O2. The van der Waals surface area contributed by atoms with Crippen molar-refractivity contribution in [3.05, 3.63) is 0 Å². The molecular weight excluding hydrogens is 204 g/mol. The zero-order chi connectivity index (χ0) is 12.8. The Labute approximate surface area is 99.0 Å². The molecule has 1 atom stereocenters. The highest BCUT2D eigenvalue weighted by molar-refractivity contribution is 5.76. The molecule has 0 rings (SSSR count). The molecule has 0 saturated carbocycles. The van der Waals surface area contributed by atoms with Crippen molar-refractivity contribution < 1.29 is 9.90 Å². The molecule has 0 spiro atoms. The Morgan fingerprint density at radius 1 is 1.38 bits per heavy atom. The first-order valence-corrected chi connectivity index (χ1v) is 6.03. The van der Waals surface area contributed by atoms with Crippen LogP contribution in [0.4, 0.5) is 0 Å². The average Bonchev–Trinajstić information content (AvgIpc) is 2.15. The molecule has 0 aliphatic carbocycles. The number of carbonyl (C=O) groups is 1. The predicted octanol–water partition coefficient (Wildman–Crippen LogP) is 0.994. The quantitative estimate of drug-likeness (QED) is 0.686. The first kappa shape index (κ1) is 15.4. The number of nitrogens with zero attached hydrogens (tertiary/aromatic N) is 1. The SMILES string of the molecule is CCN(CC)C(=O)CC(C)NCC(C)(C)O. The summed E-state index contributed by atoms with van der Waals surface area (Å²) in [6, 6.07) is 0.0968. The highest BCUT2D eigenvalue weighted by atomic mass is 16.3. The second-order valence-electron chi connectivity index (χ2n) is 4.86. The van der Waals surface area contributed by atoms with Crippen molar-refractivity contribution in [3.63, 3.8) is 0 Å². The monoisotopic (exact) mass is 230 g/mol. The van der Waals surface area contributed by atoms with Gasteiger partial charge in [0.2, 0.25) is 5.91 Å². The molecule has 1 amide bonds. The average molecular weight is 230 g/mol. The van der Waals surface area contributed by atoms with Gasteiger partial charge in [0.25, 0.3) is 0 Å². The predicted molar refractivity (Wildman–Crippen MR) is 66.3 cm³/mol. The van der Waals surface area contributed by atoms with E-state index in [0.717, 1.165) is 13.1 Å². The zero-order valence-electron chi connectivity index (χ0n) is 11.2. The van der Waals surface area contributed by atoms with Crippen LogP contribution in [0.5, 0.6) is 0 Å². The Hall–Kier alpha value is -0.610. The van der Waals surface area contributed by atoms with E-state index in [2.05, 4.69) is 5.32 Å². The minimum atomic E-state index is -0.730. The summed E-state index contributed by atoms with van der Waals surface area (Å²) in [5.41, 5.74) is -0.730. The molecule has 0 aromatic carbocycles. The van der Waals surface area contributed by atoms with Gasteiger partial charge in [0.15, 0.2) is 0 Å². The van der Waals surface area contributed by atoms with Crippen LogP contribution in [0.3, 0.4) is 0 Å². The molecule has 0 aliphatic heterocycles.